The predicted molar refractivity (Wildman–Crippen MR) is 82.2 cm³/mol. The maximum Gasteiger partial charge on any atom is 0.136 e. The zero-order valence-electron chi connectivity index (χ0n) is 13.0. The van der Waals surface area contributed by atoms with Gasteiger partial charge in [0.05, 0.1) is 12.8 Å². The van der Waals surface area contributed by atoms with Gasteiger partial charge in [-0.3, -0.25) is 0 Å². The summed E-state index contributed by atoms with van der Waals surface area (Å²) in [5.41, 5.74) is 0.768. The number of benzene rings is 1. The maximum atomic E-state index is 14.2. The van der Waals surface area contributed by atoms with Crippen molar-refractivity contribution in [2.75, 3.05) is 19.5 Å². The van der Waals surface area contributed by atoms with Gasteiger partial charge in [-0.05, 0) is 12.1 Å². The van der Waals surface area contributed by atoms with Crippen LogP contribution in [0.3, 0.4) is 0 Å². The molecular weight excluding hydrogens is 269 g/mol. The van der Waals surface area contributed by atoms with Crippen LogP contribution in [0.5, 0.6) is 5.75 Å². The molecule has 1 aromatic carbocycles. The summed E-state index contributed by atoms with van der Waals surface area (Å²) in [5, 5.41) is 2.99. The fourth-order valence-electron chi connectivity index (χ4n) is 1.88. The quantitative estimate of drug-likeness (QED) is 0.937. The third-order valence-corrected chi connectivity index (χ3v) is 3.11. The molecular formula is C16H20FN3O. The van der Waals surface area contributed by atoms with Crippen molar-refractivity contribution >= 4 is 5.82 Å². The molecule has 1 heterocycles. The molecule has 0 aliphatic carbocycles. The van der Waals surface area contributed by atoms with Crippen LogP contribution in [0, 0.1) is 5.82 Å². The van der Waals surface area contributed by atoms with Crippen LogP contribution in [0.25, 0.3) is 11.3 Å². The normalized spacial score (nSPS) is 11.3. The van der Waals surface area contributed by atoms with Gasteiger partial charge >= 0.3 is 0 Å². The summed E-state index contributed by atoms with van der Waals surface area (Å²) in [6.07, 6.45) is 0. The van der Waals surface area contributed by atoms with Gasteiger partial charge < -0.3 is 10.1 Å². The average Bonchev–Trinajstić information content (AvgIpc) is 2.45. The first-order chi connectivity index (χ1) is 9.85. The van der Waals surface area contributed by atoms with Crippen LogP contribution in [0.1, 0.15) is 26.6 Å². The summed E-state index contributed by atoms with van der Waals surface area (Å²) >= 11 is 0. The molecule has 5 heteroatoms. The van der Waals surface area contributed by atoms with Crippen LogP contribution in [-0.4, -0.2) is 24.1 Å². The first-order valence-corrected chi connectivity index (χ1v) is 6.76. The number of aromatic nitrogens is 2. The lowest BCUT2D eigenvalue weighted by molar-refractivity contribution is 0.411. The Morgan fingerprint density at radius 3 is 2.38 bits per heavy atom. The van der Waals surface area contributed by atoms with Gasteiger partial charge in [-0.1, -0.05) is 20.8 Å². The lowest BCUT2D eigenvalue weighted by Crippen LogP contribution is -2.17. The number of ether oxygens (including phenoxy) is 1. The van der Waals surface area contributed by atoms with Crippen LogP contribution in [0.4, 0.5) is 10.2 Å². The van der Waals surface area contributed by atoms with E-state index in [0.717, 1.165) is 0 Å². The molecule has 2 aromatic rings. The number of rotatable bonds is 3. The number of anilines is 1. The number of nitrogens with zero attached hydrogens (tertiary/aromatic N) is 2. The van der Waals surface area contributed by atoms with Gasteiger partial charge in [-0.15, -0.1) is 0 Å². The second-order valence-corrected chi connectivity index (χ2v) is 5.81. The van der Waals surface area contributed by atoms with E-state index >= 15 is 0 Å². The van der Waals surface area contributed by atoms with E-state index in [1.807, 2.05) is 20.8 Å². The molecule has 0 atom stereocenters. The van der Waals surface area contributed by atoms with Gasteiger partial charge in [-0.2, -0.15) is 0 Å². The summed E-state index contributed by atoms with van der Waals surface area (Å²) in [5.74, 6) is 1.45. The highest BCUT2D eigenvalue weighted by Crippen LogP contribution is 2.28. The molecule has 2 rings (SSSR count). The summed E-state index contributed by atoms with van der Waals surface area (Å²) in [6.45, 7) is 6.07. The number of halogens is 1. The van der Waals surface area contributed by atoms with Crippen LogP contribution in [0.15, 0.2) is 24.3 Å². The Kier molecular flexibility index (Phi) is 4.11. The summed E-state index contributed by atoms with van der Waals surface area (Å²) < 4.78 is 19.2. The molecule has 0 spiro atoms. The zero-order chi connectivity index (χ0) is 15.6. The number of methoxy groups -OCH3 is 1. The van der Waals surface area contributed by atoms with Crippen molar-refractivity contribution in [1.82, 2.24) is 9.97 Å². The average molecular weight is 289 g/mol. The highest BCUT2D eigenvalue weighted by molar-refractivity contribution is 5.64. The number of hydrogen-bond acceptors (Lipinski definition) is 4. The van der Waals surface area contributed by atoms with Crippen LogP contribution >= 0.6 is 0 Å². The fourth-order valence-corrected chi connectivity index (χ4v) is 1.88. The lowest BCUT2D eigenvalue weighted by Gasteiger charge is -2.18. The second-order valence-electron chi connectivity index (χ2n) is 5.81. The van der Waals surface area contributed by atoms with E-state index in [9.17, 15) is 4.39 Å². The van der Waals surface area contributed by atoms with Crippen molar-refractivity contribution in [3.63, 3.8) is 0 Å². The number of nitrogens with one attached hydrogen (secondary N) is 1. The predicted octanol–water partition coefficient (Wildman–Crippen LogP) is 3.63. The van der Waals surface area contributed by atoms with Gasteiger partial charge in [-0.25, -0.2) is 14.4 Å². The molecule has 0 amide bonds. The molecule has 0 fully saturated rings. The van der Waals surface area contributed by atoms with E-state index in [1.165, 1.54) is 13.2 Å². The van der Waals surface area contributed by atoms with Gasteiger partial charge in [0.1, 0.15) is 23.2 Å². The highest BCUT2D eigenvalue weighted by Gasteiger charge is 2.20. The van der Waals surface area contributed by atoms with E-state index < -0.39 is 0 Å². The Balaban J connectivity index is 2.58. The minimum Gasteiger partial charge on any atom is -0.497 e. The minimum atomic E-state index is -0.366. The first kappa shape index (κ1) is 15.2. The van der Waals surface area contributed by atoms with Crippen LogP contribution < -0.4 is 10.1 Å². The van der Waals surface area contributed by atoms with E-state index in [0.29, 0.717) is 28.6 Å². The largest absolute Gasteiger partial charge is 0.497 e. The fraction of sp³-hybridized carbons (Fsp3) is 0.375. The van der Waals surface area contributed by atoms with Crippen molar-refractivity contribution in [2.45, 2.75) is 26.2 Å². The molecule has 0 radical (unpaired) electrons. The highest BCUT2D eigenvalue weighted by atomic mass is 19.1. The first-order valence-electron chi connectivity index (χ1n) is 6.76. The Hall–Kier alpha value is -2.17. The lowest BCUT2D eigenvalue weighted by atomic mass is 9.95. The molecule has 0 saturated heterocycles. The topological polar surface area (TPSA) is 47.0 Å². The number of hydrogen-bond donors (Lipinski definition) is 1. The Labute approximate surface area is 124 Å². The third-order valence-electron chi connectivity index (χ3n) is 3.11. The monoisotopic (exact) mass is 289 g/mol. The van der Waals surface area contributed by atoms with Crippen LogP contribution in [0.2, 0.25) is 0 Å². The van der Waals surface area contributed by atoms with E-state index in [1.54, 1.807) is 25.2 Å². The molecule has 0 aliphatic rings. The smallest absolute Gasteiger partial charge is 0.136 e. The van der Waals surface area contributed by atoms with Crippen molar-refractivity contribution < 1.29 is 9.13 Å². The maximum absolute atomic E-state index is 14.2. The third kappa shape index (κ3) is 3.29. The van der Waals surface area contributed by atoms with Crippen molar-refractivity contribution in [3.8, 4) is 17.0 Å². The molecule has 112 valence electrons. The summed E-state index contributed by atoms with van der Waals surface area (Å²) in [7, 11) is 3.29. The molecule has 4 nitrogen and oxygen atoms in total. The molecule has 1 N–H and O–H groups in total. The molecule has 0 aliphatic heterocycles. The molecule has 0 unspecified atom stereocenters. The van der Waals surface area contributed by atoms with Crippen molar-refractivity contribution in [3.05, 3.63) is 35.9 Å². The Morgan fingerprint density at radius 1 is 1.14 bits per heavy atom. The summed E-state index contributed by atoms with van der Waals surface area (Å²) in [4.78, 5) is 8.95. The molecule has 21 heavy (non-hydrogen) atoms. The van der Waals surface area contributed by atoms with E-state index in [4.69, 9.17) is 4.74 Å². The van der Waals surface area contributed by atoms with Crippen LogP contribution in [-0.2, 0) is 5.41 Å². The standard InChI is InChI=1S/C16H20FN3O/c1-16(2,3)15-19-13(9-14(18-4)20-15)11-7-6-10(21-5)8-12(11)17/h6-9H,1-5H3,(H,18,19,20). The SMILES string of the molecule is CNc1cc(-c2ccc(OC)cc2F)nc(C(C)(C)C)n1. The molecule has 0 saturated carbocycles. The Morgan fingerprint density at radius 2 is 1.86 bits per heavy atom. The Bertz CT molecular complexity index is 650. The molecule has 1 aromatic heterocycles. The van der Waals surface area contributed by atoms with Gasteiger partial charge in [0.25, 0.3) is 0 Å². The van der Waals surface area contributed by atoms with Gasteiger partial charge in [0.15, 0.2) is 0 Å². The minimum absolute atomic E-state index is 0.218. The van der Waals surface area contributed by atoms with Gasteiger partial charge in [0, 0.05) is 30.2 Å². The van der Waals surface area contributed by atoms with Gasteiger partial charge in [0.2, 0.25) is 0 Å². The van der Waals surface area contributed by atoms with E-state index in [2.05, 4.69) is 15.3 Å². The molecule has 0 bridgehead atoms. The zero-order valence-corrected chi connectivity index (χ0v) is 13.0. The van der Waals surface area contributed by atoms with E-state index in [-0.39, 0.29) is 11.2 Å². The van der Waals surface area contributed by atoms with Crippen molar-refractivity contribution in [1.29, 1.82) is 0 Å². The summed E-state index contributed by atoms with van der Waals surface area (Å²) in [6, 6.07) is 6.48. The van der Waals surface area contributed by atoms with Crippen molar-refractivity contribution in [2.24, 2.45) is 0 Å². The second kappa shape index (κ2) is 5.68.